The van der Waals surface area contributed by atoms with Crippen LogP contribution in [0.2, 0.25) is 0 Å². The van der Waals surface area contributed by atoms with Crippen LogP contribution in [0, 0.1) is 0 Å². The van der Waals surface area contributed by atoms with Crippen molar-refractivity contribution in [3.8, 4) is 0 Å². The lowest BCUT2D eigenvalue weighted by Gasteiger charge is -2.41. The van der Waals surface area contributed by atoms with E-state index in [1.807, 2.05) is 37.3 Å². The molecule has 1 aromatic heterocycles. The van der Waals surface area contributed by atoms with Gasteiger partial charge in [-0.2, -0.15) is 4.31 Å². The molecule has 1 aliphatic rings. The van der Waals surface area contributed by atoms with Crippen LogP contribution < -0.4 is 10.6 Å². The van der Waals surface area contributed by atoms with Crippen LogP contribution in [0.3, 0.4) is 0 Å². The SMILES string of the molecule is CC(CNC(=O)C1(S(=O)(=O)c2cccc3cccnc23)CN(S(=O)(=O)c2ccccc2)CCN1)c1ccccc1. The molecule has 1 amide bonds. The summed E-state index contributed by atoms with van der Waals surface area (Å²) in [6.07, 6.45) is 1.48. The molecule has 0 bridgehead atoms. The van der Waals surface area contributed by atoms with Crippen molar-refractivity contribution in [3.63, 3.8) is 0 Å². The second-order valence-electron chi connectivity index (χ2n) is 9.76. The third kappa shape index (κ3) is 5.01. The number of nitrogens with zero attached hydrogens (tertiary/aromatic N) is 2. The molecule has 5 rings (SSSR count). The summed E-state index contributed by atoms with van der Waals surface area (Å²) >= 11 is 0. The van der Waals surface area contributed by atoms with Crippen LogP contribution in [0.1, 0.15) is 18.4 Å². The van der Waals surface area contributed by atoms with Crippen molar-refractivity contribution in [3.05, 3.63) is 103 Å². The number of benzene rings is 3. The van der Waals surface area contributed by atoms with E-state index in [2.05, 4.69) is 15.6 Å². The van der Waals surface area contributed by atoms with E-state index < -0.39 is 37.2 Å². The first-order valence-electron chi connectivity index (χ1n) is 12.9. The molecular formula is C29H30N4O5S2. The summed E-state index contributed by atoms with van der Waals surface area (Å²) in [4.78, 5) is 15.9. The van der Waals surface area contributed by atoms with Gasteiger partial charge in [0.25, 0.3) is 5.91 Å². The number of hydrogen-bond acceptors (Lipinski definition) is 7. The Bertz CT molecular complexity index is 1730. The molecule has 2 heterocycles. The molecule has 0 aliphatic carbocycles. The number of piperazine rings is 1. The van der Waals surface area contributed by atoms with Crippen LogP contribution in [0.15, 0.2) is 107 Å². The summed E-state index contributed by atoms with van der Waals surface area (Å²) in [5.74, 6) is -0.937. The number of sulfone groups is 1. The number of para-hydroxylation sites is 1. The Morgan fingerprint density at radius 1 is 0.950 bits per heavy atom. The van der Waals surface area contributed by atoms with E-state index in [4.69, 9.17) is 0 Å². The van der Waals surface area contributed by atoms with Gasteiger partial charge in [-0.25, -0.2) is 16.8 Å². The zero-order valence-electron chi connectivity index (χ0n) is 21.9. The summed E-state index contributed by atoms with van der Waals surface area (Å²) in [7, 11) is -8.62. The van der Waals surface area contributed by atoms with Crippen molar-refractivity contribution in [1.82, 2.24) is 19.9 Å². The fourth-order valence-electron chi connectivity index (χ4n) is 4.94. The maximum absolute atomic E-state index is 14.5. The van der Waals surface area contributed by atoms with Gasteiger partial charge in [-0.05, 0) is 35.7 Å². The van der Waals surface area contributed by atoms with Gasteiger partial charge in [-0.1, -0.05) is 73.7 Å². The summed E-state index contributed by atoms with van der Waals surface area (Å²) in [5, 5.41) is 6.31. The Hall–Kier alpha value is -3.64. The van der Waals surface area contributed by atoms with Gasteiger partial charge in [-0.3, -0.25) is 15.1 Å². The first-order chi connectivity index (χ1) is 19.2. The molecule has 1 aliphatic heterocycles. The first-order valence-corrected chi connectivity index (χ1v) is 15.8. The standard InChI is InChI=1S/C29H30N4O5S2/c1-22(23-10-4-2-5-11-23)20-31-28(34)29(39(35,36)26-16-8-12-24-13-9-17-30-27(24)26)21-33(19-18-32-29)40(37,38)25-14-6-3-7-15-25/h2-17,22,32H,18-21H2,1H3,(H,31,34). The van der Waals surface area contributed by atoms with E-state index in [0.29, 0.717) is 5.39 Å². The number of aromatic nitrogens is 1. The molecule has 2 N–H and O–H groups in total. The highest BCUT2D eigenvalue weighted by molar-refractivity contribution is 7.94. The second kappa shape index (κ2) is 11.1. The molecule has 0 spiro atoms. The predicted molar refractivity (Wildman–Crippen MR) is 153 cm³/mol. The lowest BCUT2D eigenvalue weighted by atomic mass is 10.0. The highest BCUT2D eigenvalue weighted by atomic mass is 32.2. The second-order valence-corrected chi connectivity index (χ2v) is 13.8. The molecule has 2 unspecified atom stereocenters. The van der Waals surface area contributed by atoms with Crippen molar-refractivity contribution in [1.29, 1.82) is 0 Å². The van der Waals surface area contributed by atoms with Gasteiger partial charge >= 0.3 is 0 Å². The number of hydrogen-bond donors (Lipinski definition) is 2. The molecule has 1 saturated heterocycles. The van der Waals surface area contributed by atoms with Crippen LogP contribution in [-0.2, 0) is 24.7 Å². The Morgan fingerprint density at radius 2 is 1.62 bits per heavy atom. The lowest BCUT2D eigenvalue weighted by Crippen LogP contribution is -2.71. The van der Waals surface area contributed by atoms with Crippen LogP contribution in [-0.4, -0.2) is 63.1 Å². The minimum absolute atomic E-state index is 0.00398. The van der Waals surface area contributed by atoms with E-state index in [-0.39, 0.29) is 40.9 Å². The van der Waals surface area contributed by atoms with Crippen molar-refractivity contribution in [2.75, 3.05) is 26.2 Å². The number of sulfonamides is 1. The topological polar surface area (TPSA) is 126 Å². The van der Waals surface area contributed by atoms with Crippen LogP contribution in [0.5, 0.6) is 0 Å². The molecule has 40 heavy (non-hydrogen) atoms. The van der Waals surface area contributed by atoms with E-state index in [9.17, 15) is 21.6 Å². The quantitative estimate of drug-likeness (QED) is 0.329. The smallest absolute Gasteiger partial charge is 0.257 e. The van der Waals surface area contributed by atoms with Gasteiger partial charge < -0.3 is 5.32 Å². The Labute approximate surface area is 234 Å². The number of rotatable bonds is 8. The number of carbonyl (C=O) groups is 1. The van der Waals surface area contributed by atoms with Gasteiger partial charge in [0.15, 0.2) is 0 Å². The summed E-state index contributed by atoms with van der Waals surface area (Å²) < 4.78 is 57.2. The average Bonchev–Trinajstić information content (AvgIpc) is 3.00. The van der Waals surface area contributed by atoms with E-state index in [1.165, 1.54) is 24.4 Å². The van der Waals surface area contributed by atoms with Crippen LogP contribution in [0.25, 0.3) is 10.9 Å². The molecule has 4 aromatic rings. The zero-order chi connectivity index (χ0) is 28.4. The molecular weight excluding hydrogens is 548 g/mol. The summed E-state index contributed by atoms with van der Waals surface area (Å²) in [6.45, 7) is 1.41. The van der Waals surface area contributed by atoms with Crippen LogP contribution in [0.4, 0.5) is 0 Å². The monoisotopic (exact) mass is 578 g/mol. The van der Waals surface area contributed by atoms with Crippen molar-refractivity contribution in [2.24, 2.45) is 0 Å². The minimum atomic E-state index is -4.53. The normalized spacial score (nSPS) is 19.2. The van der Waals surface area contributed by atoms with Crippen molar-refractivity contribution >= 4 is 36.7 Å². The van der Waals surface area contributed by atoms with Crippen LogP contribution >= 0.6 is 0 Å². The van der Waals surface area contributed by atoms with Gasteiger partial charge in [0.05, 0.1) is 21.9 Å². The van der Waals surface area contributed by atoms with Gasteiger partial charge in [-0.15, -0.1) is 0 Å². The first kappa shape index (κ1) is 27.9. The third-order valence-corrected chi connectivity index (χ3v) is 11.3. The molecule has 11 heteroatoms. The maximum Gasteiger partial charge on any atom is 0.257 e. The molecule has 0 radical (unpaired) electrons. The van der Waals surface area contributed by atoms with Gasteiger partial charge in [0.2, 0.25) is 24.7 Å². The lowest BCUT2D eigenvalue weighted by molar-refractivity contribution is -0.125. The zero-order valence-corrected chi connectivity index (χ0v) is 23.5. The molecule has 0 saturated carbocycles. The van der Waals surface area contributed by atoms with E-state index in [1.54, 1.807) is 42.5 Å². The maximum atomic E-state index is 14.5. The van der Waals surface area contributed by atoms with Gasteiger partial charge in [0, 0.05) is 31.2 Å². The highest BCUT2D eigenvalue weighted by Crippen LogP contribution is 2.33. The van der Waals surface area contributed by atoms with Gasteiger partial charge in [0.1, 0.15) is 0 Å². The predicted octanol–water partition coefficient (Wildman–Crippen LogP) is 2.92. The molecule has 1 fully saturated rings. The fourth-order valence-corrected chi connectivity index (χ4v) is 8.50. The number of nitrogens with one attached hydrogen (secondary N) is 2. The Morgan fingerprint density at radius 3 is 2.35 bits per heavy atom. The van der Waals surface area contributed by atoms with E-state index in [0.717, 1.165) is 9.87 Å². The summed E-state index contributed by atoms with van der Waals surface area (Å²) in [6, 6.07) is 25.5. The van der Waals surface area contributed by atoms with E-state index >= 15 is 0 Å². The van der Waals surface area contributed by atoms with Crippen molar-refractivity contribution in [2.45, 2.75) is 27.5 Å². The summed E-state index contributed by atoms with van der Waals surface area (Å²) in [5.41, 5.74) is 1.18. The largest absolute Gasteiger partial charge is 0.353 e. The fraction of sp³-hybridized carbons (Fsp3) is 0.241. The third-order valence-electron chi connectivity index (χ3n) is 7.20. The molecule has 208 valence electrons. The Kier molecular flexibility index (Phi) is 7.74. The molecule has 9 nitrogen and oxygen atoms in total. The number of pyridine rings is 1. The number of amides is 1. The highest BCUT2D eigenvalue weighted by Gasteiger charge is 2.56. The minimum Gasteiger partial charge on any atom is -0.353 e. The Balaban J connectivity index is 1.58. The molecule has 2 atom stereocenters. The van der Waals surface area contributed by atoms with Crippen molar-refractivity contribution < 1.29 is 21.6 Å². The number of carbonyl (C=O) groups excluding carboxylic acids is 1. The average molecular weight is 579 g/mol. The molecule has 3 aromatic carbocycles. The number of fused-ring (bicyclic) bond motifs is 1.